The van der Waals surface area contributed by atoms with Crippen molar-refractivity contribution in [1.29, 1.82) is 0 Å². The Kier molecular flexibility index (Phi) is 4.05. The quantitative estimate of drug-likeness (QED) is 0.739. The minimum Gasteiger partial charge on any atom is -0.305 e. The number of hydrogen-bond acceptors (Lipinski definition) is 3. The highest BCUT2D eigenvalue weighted by atomic mass is 16.7. The van der Waals surface area contributed by atoms with Gasteiger partial charge in [-0.2, -0.15) is 0 Å². The molecule has 0 aromatic heterocycles. The molecule has 4 nitrogen and oxygen atoms in total. The van der Waals surface area contributed by atoms with E-state index >= 15 is 0 Å². The van der Waals surface area contributed by atoms with Crippen molar-refractivity contribution >= 4 is 5.91 Å². The lowest BCUT2D eigenvalue weighted by molar-refractivity contribution is -0.144. The number of nitrogens with one attached hydrogen (secondary N) is 2. The molecule has 0 aromatic carbocycles. The van der Waals surface area contributed by atoms with E-state index in [1.165, 1.54) is 12.8 Å². The Balaban J connectivity index is 1.81. The van der Waals surface area contributed by atoms with Gasteiger partial charge in [-0.05, 0) is 37.6 Å². The molecule has 0 spiro atoms. The summed E-state index contributed by atoms with van der Waals surface area (Å²) in [7, 11) is 0. The van der Waals surface area contributed by atoms with Gasteiger partial charge in [-0.25, -0.2) is 5.48 Å². The van der Waals surface area contributed by atoms with E-state index in [1.807, 2.05) is 0 Å². The minimum atomic E-state index is -0.127. The summed E-state index contributed by atoms with van der Waals surface area (Å²) in [6, 6.07) is -0.127. The van der Waals surface area contributed by atoms with Crippen LogP contribution in [-0.2, 0) is 9.63 Å². The van der Waals surface area contributed by atoms with E-state index in [1.54, 1.807) is 0 Å². The molecular weight excluding hydrogens is 216 g/mol. The molecule has 4 heteroatoms. The van der Waals surface area contributed by atoms with Crippen molar-refractivity contribution in [2.75, 3.05) is 6.54 Å². The third-order valence-electron chi connectivity index (χ3n) is 4.02. The molecule has 0 bridgehead atoms. The zero-order valence-corrected chi connectivity index (χ0v) is 10.9. The van der Waals surface area contributed by atoms with E-state index in [0.717, 1.165) is 32.2 Å². The van der Waals surface area contributed by atoms with E-state index in [-0.39, 0.29) is 23.5 Å². The average molecular weight is 240 g/mol. The van der Waals surface area contributed by atoms with Crippen LogP contribution in [0.3, 0.4) is 0 Å². The lowest BCUT2D eigenvalue weighted by atomic mass is 9.77. The average Bonchev–Trinajstić information content (AvgIpc) is 2.78. The van der Waals surface area contributed by atoms with Crippen LogP contribution in [0.1, 0.15) is 52.4 Å². The van der Waals surface area contributed by atoms with E-state index in [9.17, 15) is 4.79 Å². The Hall–Kier alpha value is -0.610. The van der Waals surface area contributed by atoms with Gasteiger partial charge in [0.25, 0.3) is 5.91 Å². The summed E-state index contributed by atoms with van der Waals surface area (Å²) in [5.74, 6) is -0.0124. The summed E-state index contributed by atoms with van der Waals surface area (Å²) in [4.78, 5) is 17.5. The van der Waals surface area contributed by atoms with Crippen LogP contribution >= 0.6 is 0 Å². The molecule has 2 fully saturated rings. The zero-order chi connectivity index (χ0) is 12.3. The SMILES string of the molecule is CC1(C)CCCNC1C(=O)NOC1CCCC1. The molecule has 1 unspecified atom stereocenters. The Morgan fingerprint density at radius 2 is 2.00 bits per heavy atom. The van der Waals surface area contributed by atoms with Crippen molar-refractivity contribution in [2.24, 2.45) is 5.41 Å². The monoisotopic (exact) mass is 240 g/mol. The summed E-state index contributed by atoms with van der Waals surface area (Å²) < 4.78 is 0. The number of hydrogen-bond donors (Lipinski definition) is 2. The largest absolute Gasteiger partial charge is 0.305 e. The third-order valence-corrected chi connectivity index (χ3v) is 4.02. The number of rotatable bonds is 3. The number of amides is 1. The molecule has 98 valence electrons. The summed E-state index contributed by atoms with van der Waals surface area (Å²) in [5, 5.41) is 3.29. The van der Waals surface area contributed by atoms with Gasteiger partial charge >= 0.3 is 0 Å². The van der Waals surface area contributed by atoms with Crippen LogP contribution < -0.4 is 10.8 Å². The zero-order valence-electron chi connectivity index (χ0n) is 10.9. The Bertz CT molecular complexity index is 273. The predicted molar refractivity (Wildman–Crippen MR) is 66.3 cm³/mol. The van der Waals surface area contributed by atoms with Crippen molar-refractivity contribution < 1.29 is 9.63 Å². The fraction of sp³-hybridized carbons (Fsp3) is 0.923. The topological polar surface area (TPSA) is 50.4 Å². The highest BCUT2D eigenvalue weighted by molar-refractivity contribution is 5.81. The van der Waals surface area contributed by atoms with Crippen LogP contribution in [0.4, 0.5) is 0 Å². The van der Waals surface area contributed by atoms with Gasteiger partial charge in [-0.15, -0.1) is 0 Å². The minimum absolute atomic E-state index is 0.0124. The molecule has 2 aliphatic rings. The molecule has 1 saturated heterocycles. The van der Waals surface area contributed by atoms with Gasteiger partial charge in [0.2, 0.25) is 0 Å². The summed E-state index contributed by atoms with van der Waals surface area (Å²) in [5.41, 5.74) is 2.66. The maximum atomic E-state index is 12.1. The number of carbonyl (C=O) groups is 1. The summed E-state index contributed by atoms with van der Waals surface area (Å²) in [6.07, 6.45) is 7.03. The van der Waals surface area contributed by atoms with Crippen molar-refractivity contribution in [3.05, 3.63) is 0 Å². The normalized spacial score (nSPS) is 29.2. The first-order valence-corrected chi connectivity index (χ1v) is 6.78. The molecule has 0 radical (unpaired) electrons. The highest BCUT2D eigenvalue weighted by Crippen LogP contribution is 2.30. The van der Waals surface area contributed by atoms with E-state index in [4.69, 9.17) is 4.84 Å². The Labute approximate surface area is 103 Å². The molecule has 2 N–H and O–H groups in total. The van der Waals surface area contributed by atoms with E-state index in [2.05, 4.69) is 24.6 Å². The Morgan fingerprint density at radius 3 is 2.65 bits per heavy atom. The molecule has 1 atom stereocenters. The maximum Gasteiger partial charge on any atom is 0.261 e. The summed E-state index contributed by atoms with van der Waals surface area (Å²) >= 11 is 0. The van der Waals surface area contributed by atoms with Gasteiger partial charge in [0.05, 0.1) is 12.1 Å². The van der Waals surface area contributed by atoms with Crippen molar-refractivity contribution in [3.8, 4) is 0 Å². The van der Waals surface area contributed by atoms with Gasteiger partial charge in [0.1, 0.15) is 0 Å². The first kappa shape index (κ1) is 12.8. The van der Waals surface area contributed by atoms with Gasteiger partial charge in [-0.1, -0.05) is 26.7 Å². The molecule has 1 heterocycles. The fourth-order valence-corrected chi connectivity index (χ4v) is 2.87. The van der Waals surface area contributed by atoms with Crippen LogP contribution in [0, 0.1) is 5.41 Å². The Morgan fingerprint density at radius 1 is 1.29 bits per heavy atom. The van der Waals surface area contributed by atoms with Gasteiger partial charge in [-0.3, -0.25) is 9.63 Å². The molecule has 2 rings (SSSR count). The summed E-state index contributed by atoms with van der Waals surface area (Å²) in [6.45, 7) is 5.20. The lowest BCUT2D eigenvalue weighted by Gasteiger charge is -2.38. The first-order valence-electron chi connectivity index (χ1n) is 6.78. The molecule has 0 aromatic rings. The molecule has 17 heavy (non-hydrogen) atoms. The van der Waals surface area contributed by atoms with Gasteiger partial charge < -0.3 is 5.32 Å². The standard InChI is InChI=1S/C13H24N2O2/c1-13(2)8-5-9-14-11(13)12(16)15-17-10-6-3-4-7-10/h10-11,14H,3-9H2,1-2H3,(H,15,16). The second kappa shape index (κ2) is 5.36. The predicted octanol–water partition coefficient (Wildman–Crippen LogP) is 1.75. The lowest BCUT2D eigenvalue weighted by Crippen LogP contribution is -2.55. The first-order chi connectivity index (χ1) is 8.09. The van der Waals surface area contributed by atoms with E-state index in [0.29, 0.717) is 0 Å². The van der Waals surface area contributed by atoms with E-state index < -0.39 is 0 Å². The van der Waals surface area contributed by atoms with Crippen LogP contribution in [0.2, 0.25) is 0 Å². The van der Waals surface area contributed by atoms with Crippen LogP contribution in [0.15, 0.2) is 0 Å². The molecule has 1 amide bonds. The van der Waals surface area contributed by atoms with Gasteiger partial charge in [0.15, 0.2) is 0 Å². The second-order valence-corrected chi connectivity index (χ2v) is 5.97. The van der Waals surface area contributed by atoms with Crippen LogP contribution in [0.5, 0.6) is 0 Å². The smallest absolute Gasteiger partial charge is 0.261 e. The highest BCUT2D eigenvalue weighted by Gasteiger charge is 2.37. The molecule has 1 aliphatic heterocycles. The van der Waals surface area contributed by atoms with Crippen molar-refractivity contribution in [3.63, 3.8) is 0 Å². The maximum absolute atomic E-state index is 12.1. The number of carbonyl (C=O) groups excluding carboxylic acids is 1. The van der Waals surface area contributed by atoms with Crippen LogP contribution in [-0.4, -0.2) is 24.6 Å². The fourth-order valence-electron chi connectivity index (χ4n) is 2.87. The number of hydroxylamine groups is 1. The third kappa shape index (κ3) is 3.19. The van der Waals surface area contributed by atoms with Crippen molar-refractivity contribution in [1.82, 2.24) is 10.8 Å². The molecular formula is C13H24N2O2. The van der Waals surface area contributed by atoms with Gasteiger partial charge in [0, 0.05) is 0 Å². The molecule has 1 aliphatic carbocycles. The second-order valence-electron chi connectivity index (χ2n) is 5.97. The van der Waals surface area contributed by atoms with Crippen LogP contribution in [0.25, 0.3) is 0 Å². The molecule has 1 saturated carbocycles. The number of piperidine rings is 1. The van der Waals surface area contributed by atoms with Crippen molar-refractivity contribution in [2.45, 2.75) is 64.5 Å².